The van der Waals surface area contributed by atoms with Crippen LogP contribution in [0.4, 0.5) is 0 Å². The molecular weight excluding hydrogens is 352 g/mol. The molecule has 6 heteroatoms. The Balaban J connectivity index is 2.32. The highest BCUT2D eigenvalue weighted by Gasteiger charge is 2.50. The van der Waals surface area contributed by atoms with Crippen molar-refractivity contribution in [3.05, 3.63) is 46.2 Å². The molecule has 28 heavy (non-hydrogen) atoms. The SMILES string of the molecule is COc1ccc([C@@H]2C3=C(CCCCC3)C(C#N)=C(N)C2(C#N)C#N)cc1OC. The number of ether oxygens (including phenoxy) is 2. The minimum Gasteiger partial charge on any atom is -0.493 e. The number of rotatable bonds is 3. The number of hydrogen-bond acceptors (Lipinski definition) is 6. The van der Waals surface area contributed by atoms with Crippen molar-refractivity contribution in [1.82, 2.24) is 0 Å². The maximum atomic E-state index is 10.1. The van der Waals surface area contributed by atoms with E-state index in [9.17, 15) is 15.8 Å². The lowest BCUT2D eigenvalue weighted by atomic mass is 9.61. The maximum absolute atomic E-state index is 10.1. The quantitative estimate of drug-likeness (QED) is 0.859. The first-order valence-electron chi connectivity index (χ1n) is 9.25. The topological polar surface area (TPSA) is 116 Å². The second kappa shape index (κ2) is 7.67. The first-order valence-corrected chi connectivity index (χ1v) is 9.25. The standard InChI is InChI=1S/C22H22N4O2/c1-27-18-9-8-14(10-19(18)28-2)20-16-7-5-3-4-6-15(16)17(11-23)21(26)22(20,12-24)13-25/h8-10,20H,3-7,26H2,1-2H3/t20-/m1/s1. The van der Waals surface area contributed by atoms with Gasteiger partial charge in [-0.25, -0.2) is 0 Å². The van der Waals surface area contributed by atoms with Gasteiger partial charge in [-0.15, -0.1) is 0 Å². The lowest BCUT2D eigenvalue weighted by molar-refractivity contribution is 0.353. The van der Waals surface area contributed by atoms with Crippen LogP contribution in [-0.2, 0) is 0 Å². The van der Waals surface area contributed by atoms with Crippen LogP contribution >= 0.6 is 0 Å². The van der Waals surface area contributed by atoms with Crippen molar-refractivity contribution in [3.63, 3.8) is 0 Å². The molecule has 1 atom stereocenters. The second-order valence-electron chi connectivity index (χ2n) is 7.04. The van der Waals surface area contributed by atoms with Crippen LogP contribution in [0, 0.1) is 39.4 Å². The van der Waals surface area contributed by atoms with E-state index in [1.54, 1.807) is 26.4 Å². The molecule has 0 fully saturated rings. The Labute approximate surface area is 165 Å². The fourth-order valence-corrected chi connectivity index (χ4v) is 4.37. The van der Waals surface area contributed by atoms with Crippen molar-refractivity contribution in [3.8, 4) is 29.7 Å². The summed E-state index contributed by atoms with van der Waals surface area (Å²) in [5.41, 5.74) is 7.68. The third-order valence-electron chi connectivity index (χ3n) is 5.74. The average molecular weight is 374 g/mol. The Kier molecular flexibility index (Phi) is 5.30. The molecule has 0 heterocycles. The number of allylic oxidation sites excluding steroid dienone is 4. The molecule has 0 bridgehead atoms. The molecule has 0 aromatic heterocycles. The van der Waals surface area contributed by atoms with Crippen molar-refractivity contribution in [2.45, 2.75) is 38.0 Å². The van der Waals surface area contributed by atoms with Crippen LogP contribution < -0.4 is 15.2 Å². The minimum atomic E-state index is -1.63. The molecule has 6 nitrogen and oxygen atoms in total. The van der Waals surface area contributed by atoms with E-state index in [0.29, 0.717) is 17.1 Å². The van der Waals surface area contributed by atoms with Gasteiger partial charge in [0.25, 0.3) is 0 Å². The van der Waals surface area contributed by atoms with E-state index in [4.69, 9.17) is 15.2 Å². The second-order valence-corrected chi connectivity index (χ2v) is 7.04. The first kappa shape index (κ1) is 19.3. The smallest absolute Gasteiger partial charge is 0.194 e. The van der Waals surface area contributed by atoms with Gasteiger partial charge >= 0.3 is 0 Å². The summed E-state index contributed by atoms with van der Waals surface area (Å²) in [6.07, 6.45) is 4.42. The molecule has 3 rings (SSSR count). The van der Waals surface area contributed by atoms with Crippen molar-refractivity contribution in [2.24, 2.45) is 11.1 Å². The molecule has 0 unspecified atom stereocenters. The van der Waals surface area contributed by atoms with Crippen molar-refractivity contribution < 1.29 is 9.47 Å². The van der Waals surface area contributed by atoms with Crippen LogP contribution in [0.1, 0.15) is 43.6 Å². The van der Waals surface area contributed by atoms with E-state index in [1.165, 1.54) is 0 Å². The van der Waals surface area contributed by atoms with E-state index in [2.05, 4.69) is 18.2 Å². The summed E-state index contributed by atoms with van der Waals surface area (Å²) in [5, 5.41) is 29.9. The Morgan fingerprint density at radius 3 is 2.29 bits per heavy atom. The van der Waals surface area contributed by atoms with Gasteiger partial charge < -0.3 is 15.2 Å². The van der Waals surface area contributed by atoms with Crippen LogP contribution in [0.3, 0.4) is 0 Å². The molecule has 2 aliphatic carbocycles. The Morgan fingerprint density at radius 1 is 1.00 bits per heavy atom. The molecule has 2 aliphatic rings. The molecule has 1 aromatic carbocycles. The van der Waals surface area contributed by atoms with Gasteiger partial charge in [-0.1, -0.05) is 18.1 Å². The predicted octanol–water partition coefficient (Wildman–Crippen LogP) is 3.83. The predicted molar refractivity (Wildman–Crippen MR) is 103 cm³/mol. The van der Waals surface area contributed by atoms with Gasteiger partial charge in [0, 0.05) is 5.92 Å². The van der Waals surface area contributed by atoms with E-state index in [-0.39, 0.29) is 5.70 Å². The van der Waals surface area contributed by atoms with E-state index >= 15 is 0 Å². The van der Waals surface area contributed by atoms with Crippen LogP contribution in [-0.4, -0.2) is 14.2 Å². The number of methoxy groups -OCH3 is 2. The molecule has 0 amide bonds. The molecular formula is C22H22N4O2. The molecule has 0 spiro atoms. The summed E-state index contributed by atoms with van der Waals surface area (Å²) in [4.78, 5) is 0. The van der Waals surface area contributed by atoms with Crippen molar-refractivity contribution >= 4 is 0 Å². The molecule has 0 saturated heterocycles. The number of nitrogens with two attached hydrogens (primary N) is 1. The zero-order chi connectivity index (χ0) is 20.3. The average Bonchev–Trinajstić information content (AvgIpc) is 2.98. The number of hydrogen-bond donors (Lipinski definition) is 1. The van der Waals surface area contributed by atoms with E-state index < -0.39 is 11.3 Å². The molecule has 0 radical (unpaired) electrons. The summed E-state index contributed by atoms with van der Waals surface area (Å²) in [7, 11) is 3.10. The van der Waals surface area contributed by atoms with Gasteiger partial charge in [-0.05, 0) is 49.0 Å². The highest BCUT2D eigenvalue weighted by Crippen LogP contribution is 2.54. The van der Waals surface area contributed by atoms with Crippen molar-refractivity contribution in [1.29, 1.82) is 15.8 Å². The Morgan fingerprint density at radius 2 is 1.68 bits per heavy atom. The van der Waals surface area contributed by atoms with Crippen LogP contribution in [0.15, 0.2) is 40.6 Å². The third-order valence-corrected chi connectivity index (χ3v) is 5.74. The Bertz CT molecular complexity index is 971. The van der Waals surface area contributed by atoms with Gasteiger partial charge in [-0.3, -0.25) is 0 Å². The van der Waals surface area contributed by atoms with Gasteiger partial charge in [-0.2, -0.15) is 15.8 Å². The molecule has 0 aliphatic heterocycles. The van der Waals surface area contributed by atoms with Gasteiger partial charge in [0.15, 0.2) is 16.9 Å². The van der Waals surface area contributed by atoms with Crippen LogP contribution in [0.2, 0.25) is 0 Å². The summed E-state index contributed by atoms with van der Waals surface area (Å²) in [6, 6.07) is 11.9. The van der Waals surface area contributed by atoms with E-state index in [0.717, 1.165) is 48.8 Å². The molecule has 2 N–H and O–H groups in total. The fourth-order valence-electron chi connectivity index (χ4n) is 4.37. The summed E-state index contributed by atoms with van der Waals surface area (Å²) < 4.78 is 10.8. The van der Waals surface area contributed by atoms with Gasteiger partial charge in [0.1, 0.15) is 6.07 Å². The van der Waals surface area contributed by atoms with Gasteiger partial charge in [0.05, 0.1) is 37.6 Å². The molecule has 142 valence electrons. The lowest BCUT2D eigenvalue weighted by Crippen LogP contribution is -2.38. The largest absolute Gasteiger partial charge is 0.493 e. The van der Waals surface area contributed by atoms with Crippen LogP contribution in [0.5, 0.6) is 11.5 Å². The summed E-state index contributed by atoms with van der Waals surface area (Å²) in [5.74, 6) is 0.541. The number of nitriles is 3. The molecule has 0 saturated carbocycles. The lowest BCUT2D eigenvalue weighted by Gasteiger charge is -2.38. The maximum Gasteiger partial charge on any atom is 0.194 e. The number of benzene rings is 1. The minimum absolute atomic E-state index is 0.0560. The fraction of sp³-hybridized carbons (Fsp3) is 0.409. The van der Waals surface area contributed by atoms with Gasteiger partial charge in [0.2, 0.25) is 0 Å². The van der Waals surface area contributed by atoms with Crippen molar-refractivity contribution in [2.75, 3.05) is 14.2 Å². The normalized spacial score (nSPS) is 20.9. The third kappa shape index (κ3) is 2.77. The summed E-state index contributed by atoms with van der Waals surface area (Å²) in [6.45, 7) is 0. The van der Waals surface area contributed by atoms with E-state index in [1.807, 2.05) is 6.07 Å². The first-order chi connectivity index (χ1) is 13.6. The highest BCUT2D eigenvalue weighted by atomic mass is 16.5. The molecule has 1 aromatic rings. The van der Waals surface area contributed by atoms with Crippen LogP contribution in [0.25, 0.3) is 0 Å². The number of nitrogens with zero attached hydrogens (tertiary/aromatic N) is 3. The monoisotopic (exact) mass is 374 g/mol. The highest BCUT2D eigenvalue weighted by molar-refractivity contribution is 5.62. The zero-order valence-corrected chi connectivity index (χ0v) is 16.1. The zero-order valence-electron chi connectivity index (χ0n) is 16.1. The summed E-state index contributed by atoms with van der Waals surface area (Å²) >= 11 is 0. The Hall–Kier alpha value is -3.43.